The average molecular weight is 303 g/mol. The molecule has 0 amide bonds. The van der Waals surface area contributed by atoms with Crippen LogP contribution in [0.15, 0.2) is 17.1 Å². The number of benzene rings is 1. The molecule has 0 saturated heterocycles. The Morgan fingerprint density at radius 3 is 2.55 bits per heavy atom. The topological polar surface area (TPSA) is 59.3 Å². The summed E-state index contributed by atoms with van der Waals surface area (Å²) in [5.74, 6) is -1.69. The number of carboxylic acid groups (broad SMARTS) is 1. The Balaban J connectivity index is 2.49. The van der Waals surface area contributed by atoms with Gasteiger partial charge in [-0.05, 0) is 42.9 Å². The molecule has 0 radical (unpaired) electrons. The van der Waals surface area contributed by atoms with E-state index in [9.17, 15) is 19.1 Å². The fourth-order valence-corrected chi connectivity index (χ4v) is 2.92. The molecule has 5 heteroatoms. The second-order valence-corrected chi connectivity index (χ2v) is 6.27. The van der Waals surface area contributed by atoms with Crippen molar-refractivity contribution in [2.75, 3.05) is 0 Å². The first-order valence-corrected chi connectivity index (χ1v) is 7.44. The molecular weight excluding hydrogens is 285 g/mol. The monoisotopic (exact) mass is 303 g/mol. The number of rotatable bonds is 3. The van der Waals surface area contributed by atoms with Gasteiger partial charge in [-0.3, -0.25) is 4.79 Å². The second-order valence-electron chi connectivity index (χ2n) is 6.27. The molecule has 2 aromatic rings. The van der Waals surface area contributed by atoms with Gasteiger partial charge in [0.25, 0.3) is 0 Å². The van der Waals surface area contributed by atoms with Gasteiger partial charge in [0.15, 0.2) is 0 Å². The molecule has 22 heavy (non-hydrogen) atoms. The fourth-order valence-electron chi connectivity index (χ4n) is 2.92. The summed E-state index contributed by atoms with van der Waals surface area (Å²) in [4.78, 5) is 23.8. The Labute approximate surface area is 127 Å². The minimum atomic E-state index is -1.27. The molecule has 1 saturated carbocycles. The first kappa shape index (κ1) is 14.8. The standard InChI is InChI=1S/C17H18FNO3/c1-8(2)11-6-13-14(9(3)15(11)18)16(20)12(17(21)22)7-19(13)10-4-5-10/h6-8,10H,4-5H2,1-3H3,(H,21,22). The largest absolute Gasteiger partial charge is 0.477 e. The van der Waals surface area contributed by atoms with Crippen molar-refractivity contribution < 1.29 is 14.3 Å². The van der Waals surface area contributed by atoms with Crippen LogP contribution in [0.2, 0.25) is 0 Å². The number of aromatic carboxylic acids is 1. The molecule has 1 heterocycles. The molecule has 1 aromatic carbocycles. The van der Waals surface area contributed by atoms with Crippen molar-refractivity contribution in [2.24, 2.45) is 0 Å². The number of nitrogens with zero attached hydrogens (tertiary/aromatic N) is 1. The van der Waals surface area contributed by atoms with Gasteiger partial charge in [0.05, 0.1) is 10.9 Å². The van der Waals surface area contributed by atoms with E-state index in [1.165, 1.54) is 6.20 Å². The molecular formula is C17H18FNO3. The first-order valence-electron chi connectivity index (χ1n) is 7.44. The Hall–Kier alpha value is -2.17. The number of aromatic nitrogens is 1. The van der Waals surface area contributed by atoms with E-state index >= 15 is 0 Å². The molecule has 0 unspecified atom stereocenters. The van der Waals surface area contributed by atoms with Crippen LogP contribution in [0.3, 0.4) is 0 Å². The molecule has 1 fully saturated rings. The zero-order valence-corrected chi connectivity index (χ0v) is 12.8. The molecule has 116 valence electrons. The minimum absolute atomic E-state index is 0.00925. The maximum absolute atomic E-state index is 14.5. The van der Waals surface area contributed by atoms with Gasteiger partial charge in [-0.2, -0.15) is 0 Å². The quantitative estimate of drug-likeness (QED) is 0.942. The van der Waals surface area contributed by atoms with Gasteiger partial charge in [0, 0.05) is 12.2 Å². The van der Waals surface area contributed by atoms with Crippen LogP contribution in [-0.2, 0) is 0 Å². The van der Waals surface area contributed by atoms with Crippen LogP contribution >= 0.6 is 0 Å². The van der Waals surface area contributed by atoms with Crippen LogP contribution < -0.4 is 5.43 Å². The summed E-state index contributed by atoms with van der Waals surface area (Å²) in [6.07, 6.45) is 3.31. The van der Waals surface area contributed by atoms with E-state index in [0.29, 0.717) is 11.1 Å². The third-order valence-electron chi connectivity index (χ3n) is 4.32. The van der Waals surface area contributed by atoms with Crippen molar-refractivity contribution in [3.63, 3.8) is 0 Å². The average Bonchev–Trinajstić information content (AvgIpc) is 3.26. The molecule has 0 aliphatic heterocycles. The molecule has 0 atom stereocenters. The van der Waals surface area contributed by atoms with Crippen LogP contribution in [0.25, 0.3) is 10.9 Å². The fraction of sp³-hybridized carbons (Fsp3) is 0.412. The van der Waals surface area contributed by atoms with E-state index < -0.39 is 17.2 Å². The lowest BCUT2D eigenvalue weighted by Gasteiger charge is -2.17. The smallest absolute Gasteiger partial charge is 0.341 e. The van der Waals surface area contributed by atoms with Gasteiger partial charge in [0.1, 0.15) is 11.4 Å². The lowest BCUT2D eigenvalue weighted by molar-refractivity contribution is 0.0695. The van der Waals surface area contributed by atoms with E-state index in [0.717, 1.165) is 12.8 Å². The summed E-state index contributed by atoms with van der Waals surface area (Å²) in [5.41, 5.74) is 0.538. The molecule has 1 aromatic heterocycles. The van der Waals surface area contributed by atoms with Crippen molar-refractivity contribution >= 4 is 16.9 Å². The number of carbonyl (C=O) groups is 1. The van der Waals surface area contributed by atoms with Crippen molar-refractivity contribution in [1.29, 1.82) is 0 Å². The Kier molecular flexibility index (Phi) is 3.31. The van der Waals surface area contributed by atoms with Crippen molar-refractivity contribution in [3.05, 3.63) is 45.0 Å². The highest BCUT2D eigenvalue weighted by atomic mass is 19.1. The molecule has 0 spiro atoms. The third kappa shape index (κ3) is 2.12. The maximum atomic E-state index is 14.5. The third-order valence-corrected chi connectivity index (χ3v) is 4.32. The lowest BCUT2D eigenvalue weighted by Crippen LogP contribution is -2.20. The summed E-state index contributed by atoms with van der Waals surface area (Å²) in [7, 11) is 0. The number of hydrogen-bond acceptors (Lipinski definition) is 2. The SMILES string of the molecule is Cc1c(F)c(C(C)C)cc2c1c(=O)c(C(=O)O)cn2C1CC1. The number of aryl methyl sites for hydroxylation is 1. The molecule has 1 aliphatic carbocycles. The van der Waals surface area contributed by atoms with Crippen LogP contribution in [0.4, 0.5) is 4.39 Å². The Bertz CT molecular complexity index is 847. The highest BCUT2D eigenvalue weighted by Crippen LogP contribution is 2.38. The van der Waals surface area contributed by atoms with Crippen LogP contribution in [0, 0.1) is 12.7 Å². The normalized spacial score (nSPS) is 14.8. The summed E-state index contributed by atoms with van der Waals surface area (Å²) >= 11 is 0. The van der Waals surface area contributed by atoms with Crippen LogP contribution in [-0.4, -0.2) is 15.6 Å². The summed E-state index contributed by atoms with van der Waals surface area (Å²) in [6, 6.07) is 1.90. The summed E-state index contributed by atoms with van der Waals surface area (Å²) < 4.78 is 16.4. The Morgan fingerprint density at radius 2 is 2.05 bits per heavy atom. The summed E-state index contributed by atoms with van der Waals surface area (Å²) in [5, 5.41) is 9.44. The van der Waals surface area contributed by atoms with Gasteiger partial charge >= 0.3 is 5.97 Å². The van der Waals surface area contributed by atoms with E-state index in [1.54, 1.807) is 13.0 Å². The minimum Gasteiger partial charge on any atom is -0.477 e. The van der Waals surface area contributed by atoms with Gasteiger partial charge in [-0.25, -0.2) is 9.18 Å². The number of halogens is 1. The molecule has 0 bridgehead atoms. The highest BCUT2D eigenvalue weighted by Gasteiger charge is 2.28. The molecule has 1 N–H and O–H groups in total. The predicted molar refractivity (Wildman–Crippen MR) is 82.2 cm³/mol. The lowest BCUT2D eigenvalue weighted by atomic mass is 9.95. The van der Waals surface area contributed by atoms with Gasteiger partial charge in [-0.1, -0.05) is 13.8 Å². The van der Waals surface area contributed by atoms with Crippen molar-refractivity contribution in [1.82, 2.24) is 4.57 Å². The number of hydrogen-bond donors (Lipinski definition) is 1. The number of pyridine rings is 1. The summed E-state index contributed by atoms with van der Waals surface area (Å²) in [6.45, 7) is 5.34. The first-order chi connectivity index (χ1) is 10.3. The zero-order valence-electron chi connectivity index (χ0n) is 12.8. The molecule has 3 rings (SSSR count). The second kappa shape index (κ2) is 4.93. The van der Waals surface area contributed by atoms with Gasteiger partial charge < -0.3 is 9.67 Å². The number of fused-ring (bicyclic) bond motifs is 1. The van der Waals surface area contributed by atoms with E-state index in [1.807, 2.05) is 18.4 Å². The highest BCUT2D eigenvalue weighted by molar-refractivity contribution is 5.94. The molecule has 4 nitrogen and oxygen atoms in total. The van der Waals surface area contributed by atoms with E-state index in [2.05, 4.69) is 0 Å². The maximum Gasteiger partial charge on any atom is 0.341 e. The van der Waals surface area contributed by atoms with Crippen LogP contribution in [0.1, 0.15) is 60.1 Å². The van der Waals surface area contributed by atoms with Gasteiger partial charge in [0.2, 0.25) is 5.43 Å². The number of carboxylic acids is 1. The van der Waals surface area contributed by atoms with Crippen molar-refractivity contribution in [3.8, 4) is 0 Å². The molecule has 1 aliphatic rings. The van der Waals surface area contributed by atoms with Crippen molar-refractivity contribution in [2.45, 2.75) is 45.6 Å². The zero-order chi connectivity index (χ0) is 16.2. The van der Waals surface area contributed by atoms with E-state index in [4.69, 9.17) is 0 Å². The van der Waals surface area contributed by atoms with E-state index in [-0.39, 0.29) is 28.5 Å². The Morgan fingerprint density at radius 1 is 1.41 bits per heavy atom. The predicted octanol–water partition coefficient (Wildman–Crippen LogP) is 3.61. The van der Waals surface area contributed by atoms with Gasteiger partial charge in [-0.15, -0.1) is 0 Å². The van der Waals surface area contributed by atoms with Crippen LogP contribution in [0.5, 0.6) is 0 Å².